The molecule has 0 unspecified atom stereocenters. The lowest BCUT2D eigenvalue weighted by Gasteiger charge is -2.02. The molecule has 0 aliphatic heterocycles. The van der Waals surface area contributed by atoms with E-state index in [-0.39, 0.29) is 17.1 Å². The average molecular weight is 217 g/mol. The van der Waals surface area contributed by atoms with Crippen LogP contribution in [0.1, 0.15) is 6.42 Å². The van der Waals surface area contributed by atoms with E-state index >= 15 is 0 Å². The summed E-state index contributed by atoms with van der Waals surface area (Å²) in [5.41, 5.74) is 5.92. The number of hydrogen-bond donors (Lipinski definition) is 1. The Labute approximate surface area is 82.7 Å². The standard InChI is InChI=1S/C9H12FNO2S/c10-6-1-7-14(12,13)9-4-2-8(11)3-5-9/h2-5H,1,6-7,11H2. The summed E-state index contributed by atoms with van der Waals surface area (Å²) in [6.07, 6.45) is 0.0344. The largest absolute Gasteiger partial charge is 0.399 e. The molecule has 0 aliphatic rings. The van der Waals surface area contributed by atoms with Gasteiger partial charge in [-0.25, -0.2) is 8.42 Å². The van der Waals surface area contributed by atoms with Crippen molar-refractivity contribution in [2.75, 3.05) is 18.2 Å². The summed E-state index contributed by atoms with van der Waals surface area (Å²) in [4.78, 5) is 0.195. The summed E-state index contributed by atoms with van der Waals surface area (Å²) in [5, 5.41) is 0. The number of rotatable bonds is 4. The van der Waals surface area contributed by atoms with Gasteiger partial charge in [-0.1, -0.05) is 0 Å². The van der Waals surface area contributed by atoms with Crippen molar-refractivity contribution in [1.29, 1.82) is 0 Å². The lowest BCUT2D eigenvalue weighted by atomic mass is 10.3. The zero-order valence-electron chi connectivity index (χ0n) is 7.61. The maximum atomic E-state index is 11.8. The number of sulfone groups is 1. The Hall–Kier alpha value is -1.10. The maximum Gasteiger partial charge on any atom is 0.178 e. The van der Waals surface area contributed by atoms with Crippen LogP contribution in [0.5, 0.6) is 0 Å². The third kappa shape index (κ3) is 2.70. The smallest absolute Gasteiger partial charge is 0.178 e. The van der Waals surface area contributed by atoms with Crippen LogP contribution in [-0.2, 0) is 9.84 Å². The van der Waals surface area contributed by atoms with Gasteiger partial charge in [-0.3, -0.25) is 4.39 Å². The molecule has 0 heterocycles. The molecule has 0 bridgehead atoms. The zero-order chi connectivity index (χ0) is 10.6. The van der Waals surface area contributed by atoms with Gasteiger partial charge in [0.2, 0.25) is 0 Å². The monoisotopic (exact) mass is 217 g/mol. The minimum absolute atomic E-state index is 0.0344. The van der Waals surface area contributed by atoms with E-state index in [9.17, 15) is 12.8 Å². The fourth-order valence-corrected chi connectivity index (χ4v) is 2.31. The first kappa shape index (κ1) is 11.0. The van der Waals surface area contributed by atoms with Gasteiger partial charge in [0.25, 0.3) is 0 Å². The van der Waals surface area contributed by atoms with E-state index in [0.29, 0.717) is 5.69 Å². The second-order valence-electron chi connectivity index (χ2n) is 2.93. The van der Waals surface area contributed by atoms with Crippen molar-refractivity contribution in [3.63, 3.8) is 0 Å². The van der Waals surface area contributed by atoms with Crippen molar-refractivity contribution in [2.24, 2.45) is 0 Å². The Bertz CT molecular complexity index is 386. The van der Waals surface area contributed by atoms with Crippen molar-refractivity contribution in [3.8, 4) is 0 Å². The molecule has 14 heavy (non-hydrogen) atoms. The van der Waals surface area contributed by atoms with Gasteiger partial charge in [-0.15, -0.1) is 0 Å². The van der Waals surface area contributed by atoms with E-state index in [0.717, 1.165) is 0 Å². The van der Waals surface area contributed by atoms with E-state index in [1.54, 1.807) is 0 Å². The lowest BCUT2D eigenvalue weighted by molar-refractivity contribution is 0.484. The van der Waals surface area contributed by atoms with Crippen LogP contribution >= 0.6 is 0 Å². The summed E-state index contributed by atoms with van der Waals surface area (Å²) in [6.45, 7) is -0.617. The SMILES string of the molecule is Nc1ccc(S(=O)(=O)CCCF)cc1. The van der Waals surface area contributed by atoms with Gasteiger partial charge >= 0.3 is 0 Å². The first-order valence-corrected chi connectivity index (χ1v) is 5.86. The molecule has 78 valence electrons. The van der Waals surface area contributed by atoms with Crippen molar-refractivity contribution < 1.29 is 12.8 Å². The van der Waals surface area contributed by atoms with Crippen LogP contribution in [0.3, 0.4) is 0 Å². The molecule has 0 spiro atoms. The fraction of sp³-hybridized carbons (Fsp3) is 0.333. The average Bonchev–Trinajstić information content (AvgIpc) is 2.16. The van der Waals surface area contributed by atoms with Crippen LogP contribution in [0, 0.1) is 0 Å². The Morgan fingerprint density at radius 1 is 1.21 bits per heavy atom. The molecule has 0 amide bonds. The summed E-state index contributed by atoms with van der Waals surface area (Å²) < 4.78 is 34.8. The highest BCUT2D eigenvalue weighted by Gasteiger charge is 2.12. The predicted molar refractivity (Wildman–Crippen MR) is 53.5 cm³/mol. The van der Waals surface area contributed by atoms with Crippen molar-refractivity contribution in [2.45, 2.75) is 11.3 Å². The van der Waals surface area contributed by atoms with Crippen LogP contribution in [0.15, 0.2) is 29.2 Å². The summed E-state index contributed by atoms with van der Waals surface area (Å²) in [7, 11) is -3.33. The van der Waals surface area contributed by atoms with Gasteiger partial charge in [-0.2, -0.15) is 0 Å². The Balaban J connectivity index is 2.87. The molecule has 5 heteroatoms. The minimum atomic E-state index is -3.33. The summed E-state index contributed by atoms with van der Waals surface area (Å²) >= 11 is 0. The van der Waals surface area contributed by atoms with Gasteiger partial charge in [-0.05, 0) is 30.7 Å². The van der Waals surface area contributed by atoms with Gasteiger partial charge in [0.1, 0.15) is 0 Å². The number of halogens is 1. The van der Waals surface area contributed by atoms with Gasteiger partial charge in [0.05, 0.1) is 17.3 Å². The van der Waals surface area contributed by atoms with Crippen molar-refractivity contribution in [3.05, 3.63) is 24.3 Å². The van der Waals surface area contributed by atoms with Crippen molar-refractivity contribution >= 4 is 15.5 Å². The van der Waals surface area contributed by atoms with Crippen molar-refractivity contribution in [1.82, 2.24) is 0 Å². The molecule has 3 nitrogen and oxygen atoms in total. The zero-order valence-corrected chi connectivity index (χ0v) is 8.43. The Kier molecular flexibility index (Phi) is 3.46. The Morgan fingerprint density at radius 2 is 1.79 bits per heavy atom. The van der Waals surface area contributed by atoms with Crippen LogP contribution in [0.4, 0.5) is 10.1 Å². The normalized spacial score (nSPS) is 11.5. The molecule has 0 aromatic heterocycles. The molecule has 0 saturated heterocycles. The fourth-order valence-electron chi connectivity index (χ4n) is 1.04. The number of hydrogen-bond acceptors (Lipinski definition) is 3. The highest BCUT2D eigenvalue weighted by atomic mass is 32.2. The highest BCUT2D eigenvalue weighted by Crippen LogP contribution is 2.14. The molecule has 0 radical (unpaired) electrons. The first-order valence-electron chi connectivity index (χ1n) is 4.20. The third-order valence-corrected chi connectivity index (χ3v) is 3.60. The molecular weight excluding hydrogens is 205 g/mol. The number of alkyl halides is 1. The van der Waals surface area contributed by atoms with Gasteiger partial charge in [0.15, 0.2) is 9.84 Å². The van der Waals surface area contributed by atoms with Gasteiger partial charge in [0, 0.05) is 5.69 Å². The highest BCUT2D eigenvalue weighted by molar-refractivity contribution is 7.91. The molecule has 0 saturated carbocycles. The van der Waals surface area contributed by atoms with E-state index in [1.807, 2.05) is 0 Å². The molecule has 0 aliphatic carbocycles. The quantitative estimate of drug-likeness (QED) is 0.775. The molecule has 1 aromatic carbocycles. The van der Waals surface area contributed by atoms with E-state index in [1.165, 1.54) is 24.3 Å². The molecule has 0 atom stereocenters. The van der Waals surface area contributed by atoms with Crippen LogP contribution in [0.25, 0.3) is 0 Å². The number of benzene rings is 1. The topological polar surface area (TPSA) is 60.2 Å². The molecule has 0 fully saturated rings. The summed E-state index contributed by atoms with van der Waals surface area (Å²) in [5.74, 6) is -0.159. The van der Waals surface area contributed by atoms with Crippen LogP contribution in [0.2, 0.25) is 0 Å². The predicted octanol–water partition coefficient (Wildman–Crippen LogP) is 1.40. The maximum absolute atomic E-state index is 11.8. The number of anilines is 1. The second-order valence-corrected chi connectivity index (χ2v) is 5.04. The van der Waals surface area contributed by atoms with E-state index < -0.39 is 16.5 Å². The van der Waals surface area contributed by atoms with E-state index in [4.69, 9.17) is 5.73 Å². The molecular formula is C9H12FNO2S. The van der Waals surface area contributed by atoms with E-state index in [2.05, 4.69) is 0 Å². The van der Waals surface area contributed by atoms with Crippen LogP contribution < -0.4 is 5.73 Å². The molecule has 1 rings (SSSR count). The first-order chi connectivity index (χ1) is 6.56. The third-order valence-electron chi connectivity index (χ3n) is 1.79. The van der Waals surface area contributed by atoms with Gasteiger partial charge < -0.3 is 5.73 Å². The second kappa shape index (κ2) is 4.41. The minimum Gasteiger partial charge on any atom is -0.399 e. The summed E-state index contributed by atoms with van der Waals surface area (Å²) in [6, 6.07) is 5.90. The molecule has 2 N–H and O–H groups in total. The number of nitrogen functional groups attached to an aromatic ring is 1. The van der Waals surface area contributed by atoms with Crippen LogP contribution in [-0.4, -0.2) is 20.8 Å². The Morgan fingerprint density at radius 3 is 2.29 bits per heavy atom. The number of nitrogens with two attached hydrogens (primary N) is 1. The molecule has 1 aromatic rings. The lowest BCUT2D eigenvalue weighted by Crippen LogP contribution is -2.07.